The van der Waals surface area contributed by atoms with E-state index in [0.29, 0.717) is 0 Å². The Balaban J connectivity index is 0. The van der Waals surface area contributed by atoms with E-state index in [9.17, 15) is 0 Å². The first-order valence-electron chi connectivity index (χ1n) is 5.64. The summed E-state index contributed by atoms with van der Waals surface area (Å²) in [6.45, 7) is 10.1. The number of hydrogen-bond donors (Lipinski definition) is 1. The minimum Gasteiger partial charge on any atom is -0.386 e. The Hall–Kier alpha value is -0.700. The van der Waals surface area contributed by atoms with E-state index >= 15 is 0 Å². The zero-order valence-electron chi connectivity index (χ0n) is 10.8. The predicted octanol–water partition coefficient (Wildman–Crippen LogP) is 4.29. The lowest BCUT2D eigenvalue weighted by molar-refractivity contribution is 1.13. The Morgan fingerprint density at radius 1 is 1.27 bits per heavy atom. The summed E-state index contributed by atoms with van der Waals surface area (Å²) >= 11 is 1.75. The highest BCUT2D eigenvalue weighted by atomic mass is 32.2. The molecule has 3 heteroatoms. The minimum atomic E-state index is 1.06. The molecule has 0 saturated carbocycles. The third-order valence-electron chi connectivity index (χ3n) is 1.32. The van der Waals surface area contributed by atoms with Crippen LogP contribution >= 0.6 is 11.8 Å². The predicted molar refractivity (Wildman–Crippen MR) is 72.9 cm³/mol. The second kappa shape index (κ2) is 13.3. The number of nitrogens with zero attached hydrogens (tertiary/aromatic N) is 1. The maximum Gasteiger partial charge on any atom is 0.119 e. The van der Waals surface area contributed by atoms with Gasteiger partial charge in [-0.15, -0.1) is 11.8 Å². The summed E-state index contributed by atoms with van der Waals surface area (Å²) in [4.78, 5) is 4.24. The van der Waals surface area contributed by atoms with Crippen LogP contribution in [0.25, 0.3) is 0 Å². The molecule has 15 heavy (non-hydrogen) atoms. The molecule has 0 radical (unpaired) electrons. The molecular weight excluding hydrogens is 204 g/mol. The molecule has 1 aromatic heterocycles. The zero-order valence-corrected chi connectivity index (χ0v) is 11.6. The fourth-order valence-corrected chi connectivity index (χ4v) is 1.57. The van der Waals surface area contributed by atoms with Gasteiger partial charge in [0, 0.05) is 13.2 Å². The molecule has 0 aliphatic carbocycles. The molecule has 0 aromatic carbocycles. The molecule has 0 fully saturated rings. The van der Waals surface area contributed by atoms with E-state index in [2.05, 4.69) is 17.2 Å². The van der Waals surface area contributed by atoms with E-state index < -0.39 is 0 Å². The van der Waals surface area contributed by atoms with Gasteiger partial charge >= 0.3 is 0 Å². The van der Waals surface area contributed by atoms with Gasteiger partial charge in [0.1, 0.15) is 5.03 Å². The highest BCUT2D eigenvalue weighted by Gasteiger charge is 1.98. The van der Waals surface area contributed by atoms with Crippen LogP contribution in [0.15, 0.2) is 23.4 Å². The maximum atomic E-state index is 4.24. The standard InChI is InChI=1S/C8H12N2S.2C2H6/c1-3-11-8-7(9-2)5-4-6-10-8;2*1-2/h4-6,9H,3H2,1-2H3;2*1-2H3. The monoisotopic (exact) mass is 228 g/mol. The number of thioether (sulfide) groups is 1. The fourth-order valence-electron chi connectivity index (χ4n) is 0.833. The van der Waals surface area contributed by atoms with Crippen molar-refractivity contribution in [2.75, 3.05) is 18.1 Å². The SMILES string of the molecule is CC.CC.CCSc1ncccc1NC. The Bertz CT molecular complexity index is 227. The highest BCUT2D eigenvalue weighted by Crippen LogP contribution is 2.22. The molecule has 1 N–H and O–H groups in total. The zero-order chi connectivity index (χ0) is 12.1. The van der Waals surface area contributed by atoms with Gasteiger partial charge in [0.2, 0.25) is 0 Å². The normalized spacial score (nSPS) is 7.87. The number of rotatable bonds is 3. The summed E-state index contributed by atoms with van der Waals surface area (Å²) in [6.07, 6.45) is 1.82. The molecule has 0 saturated heterocycles. The smallest absolute Gasteiger partial charge is 0.119 e. The summed E-state index contributed by atoms with van der Waals surface area (Å²) in [5.41, 5.74) is 1.11. The van der Waals surface area contributed by atoms with Crippen molar-refractivity contribution in [2.24, 2.45) is 0 Å². The molecule has 0 unspecified atom stereocenters. The molecule has 0 aliphatic heterocycles. The lowest BCUT2D eigenvalue weighted by Crippen LogP contribution is -1.92. The van der Waals surface area contributed by atoms with Crippen LogP contribution < -0.4 is 5.32 Å². The van der Waals surface area contributed by atoms with Crippen molar-refractivity contribution in [3.63, 3.8) is 0 Å². The molecule has 0 spiro atoms. The molecule has 1 heterocycles. The third kappa shape index (κ3) is 7.25. The van der Waals surface area contributed by atoms with Gasteiger partial charge in [0.15, 0.2) is 0 Å². The first-order chi connectivity index (χ1) is 7.38. The van der Waals surface area contributed by atoms with Crippen LogP contribution in [0.4, 0.5) is 5.69 Å². The lowest BCUT2D eigenvalue weighted by atomic mass is 10.4. The van der Waals surface area contributed by atoms with Gasteiger partial charge in [0.05, 0.1) is 5.69 Å². The van der Waals surface area contributed by atoms with Crippen molar-refractivity contribution in [3.05, 3.63) is 18.3 Å². The van der Waals surface area contributed by atoms with Crippen molar-refractivity contribution in [2.45, 2.75) is 39.6 Å². The van der Waals surface area contributed by atoms with Crippen molar-refractivity contribution < 1.29 is 0 Å². The minimum absolute atomic E-state index is 1.06. The Morgan fingerprint density at radius 3 is 2.33 bits per heavy atom. The van der Waals surface area contributed by atoms with Crippen molar-refractivity contribution in [1.29, 1.82) is 0 Å². The molecule has 2 nitrogen and oxygen atoms in total. The van der Waals surface area contributed by atoms with E-state index in [4.69, 9.17) is 0 Å². The number of hydrogen-bond acceptors (Lipinski definition) is 3. The first kappa shape index (κ1) is 16.7. The van der Waals surface area contributed by atoms with E-state index in [-0.39, 0.29) is 0 Å². The van der Waals surface area contributed by atoms with Gasteiger partial charge in [-0.3, -0.25) is 0 Å². The van der Waals surface area contributed by atoms with Crippen molar-refractivity contribution in [1.82, 2.24) is 4.98 Å². The summed E-state index contributed by atoms with van der Waals surface area (Å²) in [6, 6.07) is 3.97. The number of aromatic nitrogens is 1. The summed E-state index contributed by atoms with van der Waals surface area (Å²) in [7, 11) is 1.91. The molecular formula is C12H24N2S. The average Bonchev–Trinajstić information content (AvgIpc) is 2.35. The molecule has 0 atom stereocenters. The molecule has 0 aliphatic rings. The van der Waals surface area contributed by atoms with Gasteiger partial charge < -0.3 is 5.32 Å². The molecule has 0 bridgehead atoms. The van der Waals surface area contributed by atoms with Gasteiger partial charge in [-0.2, -0.15) is 0 Å². The fraction of sp³-hybridized carbons (Fsp3) is 0.583. The maximum absolute atomic E-state index is 4.24. The van der Waals surface area contributed by atoms with Gasteiger partial charge in [-0.05, 0) is 17.9 Å². The highest BCUT2D eigenvalue weighted by molar-refractivity contribution is 7.99. The van der Waals surface area contributed by atoms with E-state index in [1.807, 2.05) is 53.1 Å². The van der Waals surface area contributed by atoms with Crippen LogP contribution in [0, 0.1) is 0 Å². The van der Waals surface area contributed by atoms with Gasteiger partial charge in [0.25, 0.3) is 0 Å². The summed E-state index contributed by atoms with van der Waals surface area (Å²) in [5.74, 6) is 1.06. The number of nitrogens with one attached hydrogen (secondary N) is 1. The molecule has 88 valence electrons. The topological polar surface area (TPSA) is 24.9 Å². The van der Waals surface area contributed by atoms with Crippen LogP contribution in [-0.4, -0.2) is 17.8 Å². The van der Waals surface area contributed by atoms with Crippen LogP contribution in [0.1, 0.15) is 34.6 Å². The largest absolute Gasteiger partial charge is 0.386 e. The first-order valence-corrected chi connectivity index (χ1v) is 6.62. The van der Waals surface area contributed by atoms with Gasteiger partial charge in [-0.25, -0.2) is 4.98 Å². The molecule has 1 aromatic rings. The van der Waals surface area contributed by atoms with Crippen molar-refractivity contribution in [3.8, 4) is 0 Å². The average molecular weight is 228 g/mol. The lowest BCUT2D eigenvalue weighted by Gasteiger charge is -2.04. The Morgan fingerprint density at radius 2 is 1.87 bits per heavy atom. The Labute approximate surface area is 98.9 Å². The number of anilines is 1. The molecule has 1 rings (SSSR count). The van der Waals surface area contributed by atoms with Gasteiger partial charge in [-0.1, -0.05) is 34.6 Å². The molecule has 0 amide bonds. The van der Waals surface area contributed by atoms with E-state index in [1.165, 1.54) is 0 Å². The van der Waals surface area contributed by atoms with Crippen LogP contribution in [0.3, 0.4) is 0 Å². The van der Waals surface area contributed by atoms with Crippen LogP contribution in [-0.2, 0) is 0 Å². The summed E-state index contributed by atoms with van der Waals surface area (Å²) in [5, 5.41) is 4.18. The van der Waals surface area contributed by atoms with E-state index in [0.717, 1.165) is 16.5 Å². The summed E-state index contributed by atoms with van der Waals surface area (Å²) < 4.78 is 0. The third-order valence-corrected chi connectivity index (χ3v) is 2.21. The van der Waals surface area contributed by atoms with Crippen LogP contribution in [0.5, 0.6) is 0 Å². The second-order valence-corrected chi connectivity index (χ2v) is 3.29. The Kier molecular flexibility index (Phi) is 14.8. The van der Waals surface area contributed by atoms with E-state index in [1.54, 1.807) is 11.8 Å². The van der Waals surface area contributed by atoms with Crippen LogP contribution in [0.2, 0.25) is 0 Å². The number of pyridine rings is 1. The van der Waals surface area contributed by atoms with Crippen molar-refractivity contribution >= 4 is 17.4 Å². The second-order valence-electron chi connectivity index (χ2n) is 2.04. The quantitative estimate of drug-likeness (QED) is 0.781.